The molecule has 1 aromatic heterocycles. The number of aryl methyl sites for hydroxylation is 1. The normalized spacial score (nSPS) is 10.7. The Hall–Kier alpha value is -3.62. The van der Waals surface area contributed by atoms with Gasteiger partial charge < -0.3 is 14.5 Å². The van der Waals surface area contributed by atoms with Gasteiger partial charge in [0.15, 0.2) is 5.58 Å². The average molecular weight is 371 g/mol. The summed E-state index contributed by atoms with van der Waals surface area (Å²) in [6.45, 7) is 0.369. The van der Waals surface area contributed by atoms with Gasteiger partial charge >= 0.3 is 11.7 Å². The van der Waals surface area contributed by atoms with E-state index in [4.69, 9.17) is 9.15 Å². The summed E-state index contributed by atoms with van der Waals surface area (Å²) in [5, 5.41) is 13.7. The summed E-state index contributed by atoms with van der Waals surface area (Å²) < 4.78 is 11.8. The number of rotatable bonds is 7. The number of nitro benzene ring substituents is 1. The van der Waals surface area contributed by atoms with Crippen molar-refractivity contribution in [3.05, 3.63) is 68.7 Å². The van der Waals surface area contributed by atoms with E-state index in [1.807, 2.05) is 0 Å². The number of nitrogens with zero attached hydrogens (tertiary/aromatic N) is 2. The number of hydrogen-bond acceptors (Lipinski definition) is 7. The first kappa shape index (κ1) is 18.2. The molecule has 0 saturated heterocycles. The predicted molar refractivity (Wildman–Crippen MR) is 98.0 cm³/mol. The molecule has 9 heteroatoms. The molecule has 1 N–H and O–H groups in total. The fourth-order valence-corrected chi connectivity index (χ4v) is 2.72. The number of benzene rings is 2. The quantitative estimate of drug-likeness (QED) is 0.294. The number of nitro groups is 1. The minimum atomic E-state index is -0.674. The van der Waals surface area contributed by atoms with Crippen LogP contribution in [0.5, 0.6) is 0 Å². The van der Waals surface area contributed by atoms with E-state index in [1.165, 1.54) is 22.8 Å². The molecule has 27 heavy (non-hydrogen) atoms. The average Bonchev–Trinajstić information content (AvgIpc) is 2.99. The molecule has 0 fully saturated rings. The van der Waals surface area contributed by atoms with Gasteiger partial charge in [-0.3, -0.25) is 14.7 Å². The number of oxazole rings is 1. The van der Waals surface area contributed by atoms with Crippen molar-refractivity contribution in [2.24, 2.45) is 0 Å². The molecule has 9 nitrogen and oxygen atoms in total. The molecule has 2 aromatic carbocycles. The minimum absolute atomic E-state index is 0.0522. The summed E-state index contributed by atoms with van der Waals surface area (Å²) in [5.74, 6) is -1.15. The molecule has 0 atom stereocenters. The van der Waals surface area contributed by atoms with Crippen LogP contribution in [-0.2, 0) is 11.3 Å². The van der Waals surface area contributed by atoms with Gasteiger partial charge in [-0.05, 0) is 24.6 Å². The standard InChI is InChI=1S/C18H17N3O6/c1-19-14-8-7-12(21(24)25)11-13(14)17(22)26-10-4-9-20-15-5-2-3-6-16(15)27-18(20)23/h2-3,5-8,11,19H,4,9-10H2,1H3. The fraction of sp³-hybridized carbons (Fsp3) is 0.222. The van der Waals surface area contributed by atoms with Gasteiger partial charge in [-0.25, -0.2) is 9.59 Å². The lowest BCUT2D eigenvalue weighted by molar-refractivity contribution is -0.384. The molecule has 0 aliphatic heterocycles. The summed E-state index contributed by atoms with van der Waals surface area (Å²) in [6, 6.07) is 11.0. The van der Waals surface area contributed by atoms with Crippen LogP contribution in [0, 0.1) is 10.1 Å². The Morgan fingerprint density at radius 1 is 1.30 bits per heavy atom. The lowest BCUT2D eigenvalue weighted by Gasteiger charge is -2.09. The molecule has 0 amide bonds. The number of fused-ring (bicyclic) bond motifs is 1. The van der Waals surface area contributed by atoms with Gasteiger partial charge in [-0.15, -0.1) is 0 Å². The maximum absolute atomic E-state index is 12.3. The highest BCUT2D eigenvalue weighted by Gasteiger charge is 2.17. The molecular weight excluding hydrogens is 354 g/mol. The van der Waals surface area contributed by atoms with Crippen LogP contribution in [0.3, 0.4) is 0 Å². The van der Waals surface area contributed by atoms with E-state index in [0.717, 1.165) is 0 Å². The number of hydrogen-bond donors (Lipinski definition) is 1. The Kier molecular flexibility index (Phi) is 5.20. The largest absolute Gasteiger partial charge is 0.462 e. The molecule has 0 bridgehead atoms. The lowest BCUT2D eigenvalue weighted by atomic mass is 10.1. The van der Waals surface area contributed by atoms with Gasteiger partial charge in [0, 0.05) is 31.4 Å². The highest BCUT2D eigenvalue weighted by atomic mass is 16.6. The minimum Gasteiger partial charge on any atom is -0.462 e. The molecule has 3 aromatic rings. The highest BCUT2D eigenvalue weighted by Crippen LogP contribution is 2.22. The Morgan fingerprint density at radius 2 is 2.07 bits per heavy atom. The van der Waals surface area contributed by atoms with E-state index < -0.39 is 16.6 Å². The van der Waals surface area contributed by atoms with E-state index in [9.17, 15) is 19.7 Å². The van der Waals surface area contributed by atoms with Gasteiger partial charge in [-0.1, -0.05) is 12.1 Å². The van der Waals surface area contributed by atoms with Crippen LogP contribution in [0.4, 0.5) is 11.4 Å². The second-order valence-electron chi connectivity index (χ2n) is 5.71. The summed E-state index contributed by atoms with van der Waals surface area (Å²) in [4.78, 5) is 34.5. The number of non-ortho nitro benzene ring substituents is 1. The lowest BCUT2D eigenvalue weighted by Crippen LogP contribution is -2.16. The number of nitrogens with one attached hydrogen (secondary N) is 1. The SMILES string of the molecule is CNc1ccc([N+](=O)[O-])cc1C(=O)OCCCn1c(=O)oc2ccccc21. The van der Waals surface area contributed by atoms with Crippen molar-refractivity contribution in [3.8, 4) is 0 Å². The smallest absolute Gasteiger partial charge is 0.419 e. The van der Waals surface area contributed by atoms with Crippen LogP contribution in [0.25, 0.3) is 11.1 Å². The number of ether oxygens (including phenoxy) is 1. The van der Waals surface area contributed by atoms with Gasteiger partial charge in [0.05, 0.1) is 22.6 Å². The molecule has 0 saturated carbocycles. The Bertz CT molecular complexity index is 1050. The molecule has 0 spiro atoms. The number of carbonyl (C=O) groups is 1. The van der Waals surface area contributed by atoms with E-state index in [1.54, 1.807) is 31.3 Å². The molecule has 0 unspecified atom stereocenters. The van der Waals surface area contributed by atoms with Crippen LogP contribution >= 0.6 is 0 Å². The van der Waals surface area contributed by atoms with Crippen molar-refractivity contribution in [3.63, 3.8) is 0 Å². The molecule has 0 aliphatic rings. The predicted octanol–water partition coefficient (Wildman–Crippen LogP) is 2.79. The van der Waals surface area contributed by atoms with Crippen molar-refractivity contribution < 1.29 is 18.9 Å². The number of para-hydroxylation sites is 2. The summed E-state index contributed by atoms with van der Waals surface area (Å²) in [7, 11) is 1.61. The van der Waals surface area contributed by atoms with E-state index in [-0.39, 0.29) is 17.9 Å². The second-order valence-corrected chi connectivity index (χ2v) is 5.71. The van der Waals surface area contributed by atoms with Crippen molar-refractivity contribution in [2.75, 3.05) is 19.0 Å². The Labute approximate surface area is 153 Å². The van der Waals surface area contributed by atoms with Gasteiger partial charge in [0.2, 0.25) is 0 Å². The second kappa shape index (κ2) is 7.73. The zero-order chi connectivity index (χ0) is 19.4. The maximum atomic E-state index is 12.3. The van der Waals surface area contributed by atoms with Gasteiger partial charge in [0.25, 0.3) is 5.69 Å². The monoisotopic (exact) mass is 371 g/mol. The Balaban J connectivity index is 1.64. The molecule has 1 heterocycles. The third-order valence-corrected chi connectivity index (χ3v) is 4.04. The summed E-state index contributed by atoms with van der Waals surface area (Å²) >= 11 is 0. The van der Waals surface area contributed by atoms with E-state index in [0.29, 0.717) is 29.8 Å². The van der Waals surface area contributed by atoms with Crippen molar-refractivity contribution in [2.45, 2.75) is 13.0 Å². The zero-order valence-corrected chi connectivity index (χ0v) is 14.5. The molecule has 0 radical (unpaired) electrons. The molecule has 140 valence electrons. The number of carbonyl (C=O) groups excluding carboxylic acids is 1. The first-order valence-electron chi connectivity index (χ1n) is 8.23. The maximum Gasteiger partial charge on any atom is 0.419 e. The van der Waals surface area contributed by atoms with E-state index in [2.05, 4.69) is 5.32 Å². The van der Waals surface area contributed by atoms with Crippen LogP contribution in [-0.4, -0.2) is 29.1 Å². The first-order chi connectivity index (χ1) is 13.0. The van der Waals surface area contributed by atoms with Gasteiger partial charge in [0.1, 0.15) is 0 Å². The fourth-order valence-electron chi connectivity index (χ4n) is 2.72. The first-order valence-corrected chi connectivity index (χ1v) is 8.23. The molecular formula is C18H17N3O6. The summed E-state index contributed by atoms with van der Waals surface area (Å²) in [6.07, 6.45) is 0.388. The zero-order valence-electron chi connectivity index (χ0n) is 14.5. The molecule has 3 rings (SSSR count). The van der Waals surface area contributed by atoms with Crippen molar-refractivity contribution in [1.29, 1.82) is 0 Å². The van der Waals surface area contributed by atoms with Crippen molar-refractivity contribution in [1.82, 2.24) is 4.57 Å². The summed E-state index contributed by atoms with van der Waals surface area (Å²) in [5.41, 5.74) is 1.48. The topological polar surface area (TPSA) is 117 Å². The van der Waals surface area contributed by atoms with Crippen LogP contribution in [0.15, 0.2) is 51.7 Å². The highest BCUT2D eigenvalue weighted by molar-refractivity contribution is 5.96. The van der Waals surface area contributed by atoms with Crippen LogP contribution < -0.4 is 11.1 Å². The number of aromatic nitrogens is 1. The van der Waals surface area contributed by atoms with Crippen LogP contribution in [0.1, 0.15) is 16.8 Å². The third-order valence-electron chi connectivity index (χ3n) is 4.04. The Morgan fingerprint density at radius 3 is 2.81 bits per heavy atom. The number of anilines is 1. The van der Waals surface area contributed by atoms with E-state index >= 15 is 0 Å². The van der Waals surface area contributed by atoms with Gasteiger partial charge in [-0.2, -0.15) is 0 Å². The third kappa shape index (κ3) is 3.81. The number of esters is 1. The van der Waals surface area contributed by atoms with Crippen LogP contribution in [0.2, 0.25) is 0 Å². The molecule has 0 aliphatic carbocycles. The van der Waals surface area contributed by atoms with Crippen molar-refractivity contribution >= 4 is 28.4 Å².